The molecule has 1 heterocycles. The molecule has 0 fully saturated rings. The number of ketones is 1. The smallest absolute Gasteiger partial charge is 0.417 e. The third-order valence-electron chi connectivity index (χ3n) is 3.07. The van der Waals surface area contributed by atoms with Crippen LogP contribution < -0.4 is 9.47 Å². The van der Waals surface area contributed by atoms with Crippen molar-refractivity contribution in [3.8, 4) is 17.4 Å². The first-order valence-electron chi connectivity index (χ1n) is 6.85. The van der Waals surface area contributed by atoms with E-state index < -0.39 is 17.8 Å². The molecule has 0 aliphatic heterocycles. The quantitative estimate of drug-likeness (QED) is 0.761. The molecule has 0 amide bonds. The van der Waals surface area contributed by atoms with Crippen molar-refractivity contribution in [2.24, 2.45) is 0 Å². The summed E-state index contributed by atoms with van der Waals surface area (Å²) in [5.41, 5.74) is -0.977. The van der Waals surface area contributed by atoms with E-state index in [0.717, 1.165) is 6.07 Å². The summed E-state index contributed by atoms with van der Waals surface area (Å²) >= 11 is 5.81. The molecule has 0 saturated heterocycles. The second-order valence-electron chi connectivity index (χ2n) is 4.93. The van der Waals surface area contributed by atoms with E-state index in [4.69, 9.17) is 21.1 Å². The zero-order chi connectivity index (χ0) is 17.9. The molecule has 0 bridgehead atoms. The van der Waals surface area contributed by atoms with Gasteiger partial charge < -0.3 is 9.47 Å². The van der Waals surface area contributed by atoms with Gasteiger partial charge in [-0.15, -0.1) is 0 Å². The largest absolute Gasteiger partial charge is 0.479 e. The van der Waals surface area contributed by atoms with Gasteiger partial charge in [0, 0.05) is 6.20 Å². The van der Waals surface area contributed by atoms with Gasteiger partial charge in [-0.25, -0.2) is 4.98 Å². The average Bonchev–Trinajstić information content (AvgIpc) is 2.49. The maximum absolute atomic E-state index is 12.6. The number of hydrogen-bond donors (Lipinski definition) is 0. The first-order valence-corrected chi connectivity index (χ1v) is 7.23. The molecule has 0 saturated carbocycles. The van der Waals surface area contributed by atoms with E-state index >= 15 is 0 Å². The van der Waals surface area contributed by atoms with Crippen LogP contribution in [0.15, 0.2) is 36.5 Å². The predicted octanol–water partition coefficient (Wildman–Crippen LogP) is 4.90. The van der Waals surface area contributed by atoms with Crippen LogP contribution in [0.5, 0.6) is 17.4 Å². The molecule has 8 heteroatoms. The minimum atomic E-state index is -4.55. The Kier molecular flexibility index (Phi) is 5.33. The first kappa shape index (κ1) is 18.1. The van der Waals surface area contributed by atoms with Crippen molar-refractivity contribution in [2.75, 3.05) is 0 Å². The highest BCUT2D eigenvalue weighted by molar-refractivity contribution is 6.31. The molecule has 1 atom stereocenters. The Morgan fingerprint density at radius 1 is 1.25 bits per heavy atom. The Morgan fingerprint density at radius 3 is 2.42 bits per heavy atom. The van der Waals surface area contributed by atoms with Crippen LogP contribution in [0.25, 0.3) is 0 Å². The maximum Gasteiger partial charge on any atom is 0.417 e. The van der Waals surface area contributed by atoms with E-state index in [9.17, 15) is 18.0 Å². The minimum Gasteiger partial charge on any atom is -0.479 e. The van der Waals surface area contributed by atoms with E-state index in [0.29, 0.717) is 6.20 Å². The lowest BCUT2D eigenvalue weighted by Crippen LogP contribution is -2.20. The fraction of sp³-hybridized carbons (Fsp3) is 0.250. The van der Waals surface area contributed by atoms with Crippen molar-refractivity contribution in [1.82, 2.24) is 4.98 Å². The number of aromatic nitrogens is 1. The zero-order valence-electron chi connectivity index (χ0n) is 12.7. The molecule has 0 aliphatic carbocycles. The molecule has 1 aromatic heterocycles. The van der Waals surface area contributed by atoms with Gasteiger partial charge in [-0.05, 0) is 32.0 Å². The Balaban J connectivity index is 2.27. The summed E-state index contributed by atoms with van der Waals surface area (Å²) in [6, 6.07) is 7.12. The van der Waals surface area contributed by atoms with Crippen LogP contribution in [-0.4, -0.2) is 16.9 Å². The van der Waals surface area contributed by atoms with Crippen molar-refractivity contribution in [3.63, 3.8) is 0 Å². The number of Topliss-reactive ketones (excluding diaryl/α,β-unsaturated/α-hetero) is 1. The molecule has 0 radical (unpaired) electrons. The topological polar surface area (TPSA) is 48.4 Å². The van der Waals surface area contributed by atoms with E-state index in [2.05, 4.69) is 4.98 Å². The lowest BCUT2D eigenvalue weighted by atomic mass is 10.2. The lowest BCUT2D eigenvalue weighted by Gasteiger charge is -2.16. The van der Waals surface area contributed by atoms with Gasteiger partial charge in [-0.1, -0.05) is 23.7 Å². The van der Waals surface area contributed by atoms with Crippen molar-refractivity contribution in [1.29, 1.82) is 0 Å². The van der Waals surface area contributed by atoms with Gasteiger partial charge >= 0.3 is 6.18 Å². The number of benzene rings is 1. The van der Waals surface area contributed by atoms with Crippen LogP contribution in [-0.2, 0) is 11.0 Å². The van der Waals surface area contributed by atoms with Crippen molar-refractivity contribution < 1.29 is 27.4 Å². The van der Waals surface area contributed by atoms with Crippen LogP contribution in [0, 0.1) is 0 Å². The summed E-state index contributed by atoms with van der Waals surface area (Å²) in [5, 5.41) is -0.292. The number of nitrogens with zero attached hydrogens (tertiary/aromatic N) is 1. The Labute approximate surface area is 141 Å². The first-order chi connectivity index (χ1) is 11.2. The van der Waals surface area contributed by atoms with Crippen LogP contribution >= 0.6 is 11.6 Å². The standard InChI is InChI=1S/C16H13ClF3NO3/c1-9(22)10(2)23-13-5-3-4-6-14(13)24-15-12(17)7-11(8-21-15)16(18,19)20/h3-8,10H,1-2H3/t10-/m1/s1. The summed E-state index contributed by atoms with van der Waals surface area (Å²) in [6.07, 6.45) is -4.62. The number of hydrogen-bond acceptors (Lipinski definition) is 4. The number of carbonyl (C=O) groups excluding carboxylic acids is 1. The van der Waals surface area contributed by atoms with Crippen LogP contribution in [0.2, 0.25) is 5.02 Å². The van der Waals surface area contributed by atoms with E-state index in [1.807, 2.05) is 0 Å². The fourth-order valence-corrected chi connectivity index (χ4v) is 1.87. The molecule has 0 spiro atoms. The van der Waals surface area contributed by atoms with Gasteiger partial charge in [0.05, 0.1) is 5.56 Å². The molecule has 1 aromatic carbocycles. The van der Waals surface area contributed by atoms with Gasteiger partial charge in [-0.3, -0.25) is 4.79 Å². The summed E-state index contributed by atoms with van der Waals surface area (Å²) in [5.74, 6) is 0.0457. The summed E-state index contributed by atoms with van der Waals surface area (Å²) in [4.78, 5) is 14.9. The second kappa shape index (κ2) is 7.09. The van der Waals surface area contributed by atoms with Gasteiger partial charge in [0.25, 0.3) is 0 Å². The van der Waals surface area contributed by atoms with Gasteiger partial charge in [0.15, 0.2) is 23.4 Å². The minimum absolute atomic E-state index is 0.180. The number of para-hydroxylation sites is 2. The van der Waals surface area contributed by atoms with Gasteiger partial charge in [0.2, 0.25) is 5.88 Å². The van der Waals surface area contributed by atoms with Crippen molar-refractivity contribution in [2.45, 2.75) is 26.1 Å². The maximum atomic E-state index is 12.6. The molecule has 4 nitrogen and oxygen atoms in total. The molecular formula is C16H13ClF3NO3. The van der Waals surface area contributed by atoms with E-state index in [1.54, 1.807) is 25.1 Å². The monoisotopic (exact) mass is 359 g/mol. The average molecular weight is 360 g/mol. The summed E-state index contributed by atoms with van der Waals surface area (Å²) in [7, 11) is 0. The number of pyridine rings is 1. The van der Waals surface area contributed by atoms with Crippen LogP contribution in [0.3, 0.4) is 0 Å². The predicted molar refractivity (Wildman–Crippen MR) is 81.5 cm³/mol. The highest BCUT2D eigenvalue weighted by Gasteiger charge is 2.32. The fourth-order valence-electron chi connectivity index (χ4n) is 1.66. The Hall–Kier alpha value is -2.28. The number of rotatable bonds is 5. The molecule has 0 aliphatic rings. The van der Waals surface area contributed by atoms with E-state index in [1.165, 1.54) is 13.0 Å². The number of halogens is 4. The Bertz CT molecular complexity index is 750. The number of alkyl halides is 3. The van der Waals surface area contributed by atoms with E-state index in [-0.39, 0.29) is 28.2 Å². The van der Waals surface area contributed by atoms with Crippen molar-refractivity contribution >= 4 is 17.4 Å². The highest BCUT2D eigenvalue weighted by Crippen LogP contribution is 2.37. The van der Waals surface area contributed by atoms with Gasteiger partial charge in [0.1, 0.15) is 5.02 Å². The number of carbonyl (C=O) groups is 1. The molecule has 0 N–H and O–H groups in total. The Morgan fingerprint density at radius 2 is 1.88 bits per heavy atom. The molecule has 24 heavy (non-hydrogen) atoms. The normalized spacial score (nSPS) is 12.6. The molecule has 128 valence electrons. The summed E-state index contributed by atoms with van der Waals surface area (Å²) < 4.78 is 48.8. The highest BCUT2D eigenvalue weighted by atomic mass is 35.5. The second-order valence-corrected chi connectivity index (χ2v) is 5.34. The third kappa shape index (κ3) is 4.38. The van der Waals surface area contributed by atoms with Gasteiger partial charge in [-0.2, -0.15) is 13.2 Å². The molecular weight excluding hydrogens is 347 g/mol. The van der Waals surface area contributed by atoms with Crippen molar-refractivity contribution in [3.05, 3.63) is 47.1 Å². The zero-order valence-corrected chi connectivity index (χ0v) is 13.5. The third-order valence-corrected chi connectivity index (χ3v) is 3.34. The van der Waals surface area contributed by atoms with Crippen LogP contribution in [0.1, 0.15) is 19.4 Å². The molecule has 0 unspecified atom stereocenters. The summed E-state index contributed by atoms with van der Waals surface area (Å²) in [6.45, 7) is 2.95. The molecule has 2 rings (SSSR count). The van der Waals surface area contributed by atoms with Crippen LogP contribution in [0.4, 0.5) is 13.2 Å². The number of ether oxygens (including phenoxy) is 2. The molecule has 2 aromatic rings. The lowest BCUT2D eigenvalue weighted by molar-refractivity contribution is -0.137. The SMILES string of the molecule is CC(=O)[C@@H](C)Oc1ccccc1Oc1ncc(C(F)(F)F)cc1Cl.